The third-order valence-electron chi connectivity index (χ3n) is 7.66. The maximum absolute atomic E-state index is 12.5. The van der Waals surface area contributed by atoms with E-state index in [-0.39, 0.29) is 24.0 Å². The van der Waals surface area contributed by atoms with Crippen molar-refractivity contribution in [2.24, 2.45) is 11.8 Å². The number of rotatable bonds is 5. The fourth-order valence-electron chi connectivity index (χ4n) is 5.87. The number of aryl methyl sites for hydroxylation is 1. The molecule has 166 valence electrons. The lowest BCUT2D eigenvalue weighted by Gasteiger charge is -2.51. The Bertz CT molecular complexity index is 795. The third kappa shape index (κ3) is 4.31. The molecular weight excluding hydrogens is 372 g/mol. The van der Waals surface area contributed by atoms with E-state index in [4.69, 9.17) is 4.74 Å². The number of likely N-dealkylation sites (tertiary alicyclic amines) is 1. The number of nitrogens with one attached hydrogen (secondary N) is 1. The lowest BCUT2D eigenvalue weighted by atomic mass is 9.60. The summed E-state index contributed by atoms with van der Waals surface area (Å²) >= 11 is 0. The third-order valence-corrected chi connectivity index (χ3v) is 7.66. The van der Waals surface area contributed by atoms with Gasteiger partial charge in [0, 0.05) is 18.6 Å². The first-order valence-electron chi connectivity index (χ1n) is 11.9. The molecule has 2 aliphatic carbocycles. The number of fused-ring (bicyclic) bond motifs is 4. The van der Waals surface area contributed by atoms with Crippen molar-refractivity contribution in [3.8, 4) is 0 Å². The number of nitrogens with zero attached hydrogens (tertiary/aromatic N) is 1. The highest BCUT2D eigenvalue weighted by Gasteiger charge is 2.51. The van der Waals surface area contributed by atoms with E-state index in [0.717, 1.165) is 5.92 Å². The molecule has 1 aliphatic heterocycles. The number of esters is 1. The van der Waals surface area contributed by atoms with Crippen LogP contribution in [0.5, 0.6) is 0 Å². The molecule has 4 rings (SSSR count). The van der Waals surface area contributed by atoms with Crippen molar-refractivity contribution < 1.29 is 9.53 Å². The van der Waals surface area contributed by atoms with Gasteiger partial charge in [-0.1, -0.05) is 37.6 Å². The van der Waals surface area contributed by atoms with E-state index in [1.54, 1.807) is 0 Å². The van der Waals surface area contributed by atoms with Crippen LogP contribution in [0.2, 0.25) is 0 Å². The minimum absolute atomic E-state index is 0.160. The molecule has 0 radical (unpaired) electrons. The van der Waals surface area contributed by atoms with Crippen LogP contribution in [-0.4, -0.2) is 42.1 Å². The molecule has 4 heteroatoms. The van der Waals surface area contributed by atoms with E-state index in [0.29, 0.717) is 12.0 Å². The Morgan fingerprint density at radius 3 is 2.70 bits per heavy atom. The van der Waals surface area contributed by atoms with Gasteiger partial charge in [0.2, 0.25) is 0 Å². The SMILES string of the molecule is Cc1ccc2c(c1)[C@]1(C)CCCN(CC3CC3)[C@H](C2NCC(=O)OC(C)(C)C)[C@@H]1C. The second-order valence-electron chi connectivity index (χ2n) is 11.3. The van der Waals surface area contributed by atoms with Crippen LogP contribution in [0.4, 0.5) is 0 Å². The first kappa shape index (κ1) is 21.8. The Labute approximate surface area is 182 Å². The summed E-state index contributed by atoms with van der Waals surface area (Å²) in [6.45, 7) is 15.5. The summed E-state index contributed by atoms with van der Waals surface area (Å²) in [5.41, 5.74) is 3.94. The Balaban J connectivity index is 1.68. The normalized spacial score (nSPS) is 31.7. The van der Waals surface area contributed by atoms with Crippen molar-refractivity contribution in [3.05, 3.63) is 34.9 Å². The molecule has 3 aliphatic rings. The smallest absolute Gasteiger partial charge is 0.320 e. The van der Waals surface area contributed by atoms with Crippen LogP contribution in [0.25, 0.3) is 0 Å². The van der Waals surface area contributed by atoms with Gasteiger partial charge in [0.05, 0.1) is 6.54 Å². The molecule has 0 amide bonds. The van der Waals surface area contributed by atoms with Crippen LogP contribution in [-0.2, 0) is 14.9 Å². The van der Waals surface area contributed by atoms with Crippen LogP contribution in [0.15, 0.2) is 18.2 Å². The van der Waals surface area contributed by atoms with Gasteiger partial charge in [-0.05, 0) is 88.3 Å². The van der Waals surface area contributed by atoms with E-state index in [2.05, 4.69) is 49.2 Å². The van der Waals surface area contributed by atoms with Gasteiger partial charge in [-0.3, -0.25) is 15.0 Å². The Hall–Kier alpha value is -1.39. The minimum Gasteiger partial charge on any atom is -0.459 e. The monoisotopic (exact) mass is 412 g/mol. The predicted molar refractivity (Wildman–Crippen MR) is 122 cm³/mol. The van der Waals surface area contributed by atoms with Crippen molar-refractivity contribution >= 4 is 5.97 Å². The standard InChI is InChI=1S/C26H40N2O2/c1-17-8-11-20-21(14-17)26(6)12-7-13-28(16-19-9-10-19)24(18(26)2)23(20)27-15-22(29)30-25(3,4)5/h8,11,14,18-19,23-24,27H,7,9-10,12-13,15-16H2,1-6H3/t18-,23?,24-,26+/m0/s1. The van der Waals surface area contributed by atoms with E-state index in [1.807, 2.05) is 20.8 Å². The van der Waals surface area contributed by atoms with E-state index < -0.39 is 5.60 Å². The lowest BCUT2D eigenvalue weighted by Crippen LogP contribution is -2.56. The minimum atomic E-state index is -0.452. The van der Waals surface area contributed by atoms with E-state index >= 15 is 0 Å². The highest BCUT2D eigenvalue weighted by Crippen LogP contribution is 2.52. The summed E-state index contributed by atoms with van der Waals surface area (Å²) in [5.74, 6) is 1.23. The van der Waals surface area contributed by atoms with Crippen molar-refractivity contribution in [2.45, 2.75) is 90.3 Å². The average molecular weight is 413 g/mol. The predicted octanol–water partition coefficient (Wildman–Crippen LogP) is 4.75. The summed E-state index contributed by atoms with van der Waals surface area (Å²) in [6.07, 6.45) is 5.23. The van der Waals surface area contributed by atoms with Crippen molar-refractivity contribution in [1.29, 1.82) is 0 Å². The molecule has 1 N–H and O–H groups in total. The molecule has 2 bridgehead atoms. The Morgan fingerprint density at radius 2 is 2.03 bits per heavy atom. The molecule has 1 aromatic rings. The van der Waals surface area contributed by atoms with Crippen LogP contribution in [0.3, 0.4) is 0 Å². The Kier molecular flexibility index (Phi) is 5.78. The van der Waals surface area contributed by atoms with Gasteiger partial charge in [-0.2, -0.15) is 0 Å². The second kappa shape index (κ2) is 7.94. The van der Waals surface area contributed by atoms with Gasteiger partial charge in [-0.15, -0.1) is 0 Å². The molecular formula is C26H40N2O2. The maximum Gasteiger partial charge on any atom is 0.320 e. The van der Waals surface area contributed by atoms with Gasteiger partial charge in [0.25, 0.3) is 0 Å². The summed E-state index contributed by atoms with van der Waals surface area (Å²) in [5, 5.41) is 3.66. The van der Waals surface area contributed by atoms with Gasteiger partial charge < -0.3 is 4.74 Å². The molecule has 2 fully saturated rings. The van der Waals surface area contributed by atoms with E-state index in [9.17, 15) is 4.79 Å². The van der Waals surface area contributed by atoms with Gasteiger partial charge >= 0.3 is 5.97 Å². The maximum atomic E-state index is 12.5. The van der Waals surface area contributed by atoms with E-state index in [1.165, 1.54) is 55.5 Å². The summed E-state index contributed by atoms with van der Waals surface area (Å²) in [7, 11) is 0. The highest BCUT2D eigenvalue weighted by atomic mass is 16.6. The largest absolute Gasteiger partial charge is 0.459 e. The lowest BCUT2D eigenvalue weighted by molar-refractivity contribution is -0.153. The summed E-state index contributed by atoms with van der Waals surface area (Å²) < 4.78 is 5.60. The van der Waals surface area contributed by atoms with Crippen LogP contribution >= 0.6 is 0 Å². The van der Waals surface area contributed by atoms with Crippen molar-refractivity contribution in [2.75, 3.05) is 19.6 Å². The van der Waals surface area contributed by atoms with Gasteiger partial charge in [0.15, 0.2) is 0 Å². The molecule has 0 aromatic heterocycles. The molecule has 4 atom stereocenters. The molecule has 0 spiro atoms. The molecule has 1 unspecified atom stereocenters. The summed E-state index contributed by atoms with van der Waals surface area (Å²) in [6, 6.07) is 7.52. The fourth-order valence-corrected chi connectivity index (χ4v) is 5.87. The number of carbonyl (C=O) groups is 1. The van der Waals surface area contributed by atoms with Gasteiger partial charge in [-0.25, -0.2) is 0 Å². The zero-order valence-corrected chi connectivity index (χ0v) is 19.8. The highest BCUT2D eigenvalue weighted by molar-refractivity contribution is 5.72. The molecule has 1 heterocycles. The molecule has 4 nitrogen and oxygen atoms in total. The zero-order valence-electron chi connectivity index (χ0n) is 19.8. The average Bonchev–Trinajstić information content (AvgIpc) is 3.46. The molecule has 1 aromatic carbocycles. The Morgan fingerprint density at radius 1 is 1.30 bits per heavy atom. The fraction of sp³-hybridized carbons (Fsp3) is 0.731. The van der Waals surface area contributed by atoms with Crippen LogP contribution in [0.1, 0.15) is 83.0 Å². The number of ether oxygens (including phenoxy) is 1. The molecule has 30 heavy (non-hydrogen) atoms. The first-order chi connectivity index (χ1) is 14.1. The summed E-state index contributed by atoms with van der Waals surface area (Å²) in [4.78, 5) is 15.3. The number of hydrogen-bond donors (Lipinski definition) is 1. The quantitative estimate of drug-likeness (QED) is 0.709. The topological polar surface area (TPSA) is 41.6 Å². The zero-order chi connectivity index (χ0) is 21.7. The van der Waals surface area contributed by atoms with Crippen molar-refractivity contribution in [3.63, 3.8) is 0 Å². The number of benzene rings is 1. The first-order valence-corrected chi connectivity index (χ1v) is 11.9. The molecule has 1 saturated heterocycles. The van der Waals surface area contributed by atoms with Crippen molar-refractivity contribution in [1.82, 2.24) is 10.2 Å². The number of hydrogen-bond acceptors (Lipinski definition) is 4. The van der Waals surface area contributed by atoms with Gasteiger partial charge in [0.1, 0.15) is 5.60 Å². The van der Waals surface area contributed by atoms with Crippen LogP contribution in [0, 0.1) is 18.8 Å². The number of carbonyl (C=O) groups excluding carboxylic acids is 1. The molecule has 1 saturated carbocycles. The second-order valence-corrected chi connectivity index (χ2v) is 11.3. The van der Waals surface area contributed by atoms with Crippen LogP contribution < -0.4 is 5.32 Å².